The molecule has 1 aromatic rings. The SMILES string of the molecule is COc1cc2c(cc1[C@@H](O)C(F)(F)F)OCO2. The first-order valence-corrected chi connectivity index (χ1v) is 4.66. The summed E-state index contributed by atoms with van der Waals surface area (Å²) in [6, 6.07) is 2.33. The molecule has 0 aromatic heterocycles. The molecule has 1 N–H and O–H groups in total. The van der Waals surface area contributed by atoms with Crippen LogP contribution in [0.15, 0.2) is 12.1 Å². The standard InChI is InChI=1S/C10H9F3O4/c1-15-6-3-8-7(16-4-17-8)2-5(6)9(14)10(11,12)13/h2-3,9,14H,4H2,1H3/t9-/m1/s1. The van der Waals surface area contributed by atoms with Crippen LogP contribution in [-0.2, 0) is 0 Å². The summed E-state index contributed by atoms with van der Waals surface area (Å²) in [6.45, 7) is -0.0654. The van der Waals surface area contributed by atoms with Gasteiger partial charge in [-0.2, -0.15) is 13.2 Å². The summed E-state index contributed by atoms with van der Waals surface area (Å²) >= 11 is 0. The van der Waals surface area contributed by atoms with E-state index in [-0.39, 0.29) is 18.3 Å². The molecule has 0 saturated carbocycles. The van der Waals surface area contributed by atoms with Crippen molar-refractivity contribution in [3.05, 3.63) is 17.7 Å². The molecule has 0 fully saturated rings. The second-order valence-electron chi connectivity index (χ2n) is 3.39. The van der Waals surface area contributed by atoms with E-state index in [2.05, 4.69) is 0 Å². The van der Waals surface area contributed by atoms with Crippen LogP contribution >= 0.6 is 0 Å². The van der Waals surface area contributed by atoms with Crippen molar-refractivity contribution in [2.45, 2.75) is 12.3 Å². The van der Waals surface area contributed by atoms with Gasteiger partial charge in [-0.15, -0.1) is 0 Å². The second kappa shape index (κ2) is 3.99. The molecule has 2 rings (SSSR count). The van der Waals surface area contributed by atoms with Crippen LogP contribution in [0.25, 0.3) is 0 Å². The summed E-state index contributed by atoms with van der Waals surface area (Å²) in [5.74, 6) is 0.350. The molecule has 1 aliphatic rings. The molecule has 1 heterocycles. The van der Waals surface area contributed by atoms with Gasteiger partial charge in [0.15, 0.2) is 17.6 Å². The minimum Gasteiger partial charge on any atom is -0.496 e. The average molecular weight is 250 g/mol. The fourth-order valence-corrected chi connectivity index (χ4v) is 1.51. The van der Waals surface area contributed by atoms with Gasteiger partial charge >= 0.3 is 6.18 Å². The molecule has 0 aliphatic carbocycles. The van der Waals surface area contributed by atoms with Crippen LogP contribution in [0.1, 0.15) is 11.7 Å². The van der Waals surface area contributed by atoms with Crippen molar-refractivity contribution in [1.82, 2.24) is 0 Å². The van der Waals surface area contributed by atoms with Crippen molar-refractivity contribution < 1.29 is 32.5 Å². The van der Waals surface area contributed by atoms with Crippen molar-refractivity contribution >= 4 is 0 Å². The van der Waals surface area contributed by atoms with Gasteiger partial charge in [0, 0.05) is 11.6 Å². The van der Waals surface area contributed by atoms with Crippen LogP contribution in [-0.4, -0.2) is 25.2 Å². The minimum absolute atomic E-state index is 0.0654. The van der Waals surface area contributed by atoms with Gasteiger partial charge in [-0.1, -0.05) is 0 Å². The fraction of sp³-hybridized carbons (Fsp3) is 0.400. The molecular weight excluding hydrogens is 241 g/mol. The molecule has 0 saturated heterocycles. The number of ether oxygens (including phenoxy) is 3. The highest BCUT2D eigenvalue weighted by Gasteiger charge is 2.41. The van der Waals surface area contributed by atoms with Gasteiger partial charge in [0.1, 0.15) is 5.75 Å². The van der Waals surface area contributed by atoms with Crippen LogP contribution in [0.5, 0.6) is 17.2 Å². The Kier molecular flexibility index (Phi) is 2.78. The highest BCUT2D eigenvalue weighted by atomic mass is 19.4. The molecule has 1 aliphatic heterocycles. The third kappa shape index (κ3) is 2.10. The Labute approximate surface area is 94.5 Å². The first-order valence-electron chi connectivity index (χ1n) is 4.66. The third-order valence-electron chi connectivity index (χ3n) is 2.33. The Balaban J connectivity index is 2.46. The monoisotopic (exact) mass is 250 g/mol. The molecule has 0 spiro atoms. The van der Waals surface area contributed by atoms with Crippen molar-refractivity contribution in [1.29, 1.82) is 0 Å². The smallest absolute Gasteiger partial charge is 0.418 e. The van der Waals surface area contributed by atoms with Crippen molar-refractivity contribution in [2.24, 2.45) is 0 Å². The maximum absolute atomic E-state index is 12.4. The lowest BCUT2D eigenvalue weighted by molar-refractivity contribution is -0.207. The zero-order chi connectivity index (χ0) is 12.6. The zero-order valence-electron chi connectivity index (χ0n) is 8.75. The molecule has 7 heteroatoms. The van der Waals surface area contributed by atoms with Gasteiger partial charge in [-0.05, 0) is 6.07 Å². The quantitative estimate of drug-likeness (QED) is 0.872. The lowest BCUT2D eigenvalue weighted by Crippen LogP contribution is -2.20. The van der Waals surface area contributed by atoms with Gasteiger partial charge < -0.3 is 19.3 Å². The molecule has 0 bridgehead atoms. The van der Waals surface area contributed by atoms with E-state index in [1.807, 2.05) is 0 Å². The van der Waals surface area contributed by atoms with E-state index in [9.17, 15) is 18.3 Å². The summed E-state index contributed by atoms with van der Waals surface area (Å²) in [4.78, 5) is 0. The first-order chi connectivity index (χ1) is 7.93. The predicted molar refractivity (Wildman–Crippen MR) is 50.1 cm³/mol. The minimum atomic E-state index is -4.76. The van der Waals surface area contributed by atoms with Crippen molar-refractivity contribution in [3.63, 3.8) is 0 Å². The summed E-state index contributed by atoms with van der Waals surface area (Å²) < 4.78 is 52.0. The number of aliphatic hydroxyl groups is 1. The van der Waals surface area contributed by atoms with Gasteiger partial charge in [0.25, 0.3) is 0 Å². The van der Waals surface area contributed by atoms with Gasteiger partial charge in [-0.3, -0.25) is 0 Å². The highest BCUT2D eigenvalue weighted by Crippen LogP contribution is 2.44. The molecule has 94 valence electrons. The molecule has 0 radical (unpaired) electrons. The summed E-state index contributed by atoms with van der Waals surface area (Å²) in [6.07, 6.45) is -7.38. The predicted octanol–water partition coefficient (Wildman–Crippen LogP) is 2.02. The van der Waals surface area contributed by atoms with Crippen molar-refractivity contribution in [2.75, 3.05) is 13.9 Å². The van der Waals surface area contributed by atoms with Crippen molar-refractivity contribution in [3.8, 4) is 17.2 Å². The largest absolute Gasteiger partial charge is 0.496 e. The van der Waals surface area contributed by atoms with E-state index in [4.69, 9.17) is 14.2 Å². The number of alkyl halides is 3. The lowest BCUT2D eigenvalue weighted by atomic mass is 10.1. The van der Waals surface area contributed by atoms with E-state index in [0.29, 0.717) is 5.75 Å². The van der Waals surface area contributed by atoms with E-state index in [1.165, 1.54) is 13.2 Å². The van der Waals surface area contributed by atoms with Gasteiger partial charge in [-0.25, -0.2) is 0 Å². The molecule has 4 nitrogen and oxygen atoms in total. The number of hydrogen-bond donors (Lipinski definition) is 1. The number of methoxy groups -OCH3 is 1. The Hall–Kier alpha value is -1.63. The Bertz CT molecular complexity index is 430. The van der Waals surface area contributed by atoms with Crippen LogP contribution in [0.3, 0.4) is 0 Å². The number of halogens is 3. The molecule has 1 atom stereocenters. The van der Waals surface area contributed by atoms with Gasteiger partial charge in [0.2, 0.25) is 6.79 Å². The highest BCUT2D eigenvalue weighted by molar-refractivity contribution is 5.52. The Morgan fingerprint density at radius 3 is 2.41 bits per heavy atom. The Morgan fingerprint density at radius 1 is 1.29 bits per heavy atom. The van der Waals surface area contributed by atoms with E-state index in [1.54, 1.807) is 0 Å². The maximum Gasteiger partial charge on any atom is 0.418 e. The Morgan fingerprint density at radius 2 is 1.88 bits per heavy atom. The maximum atomic E-state index is 12.4. The number of fused-ring (bicyclic) bond motifs is 1. The molecule has 1 aromatic carbocycles. The van der Waals surface area contributed by atoms with Crippen LogP contribution < -0.4 is 14.2 Å². The lowest BCUT2D eigenvalue weighted by Gasteiger charge is -2.17. The normalized spacial score (nSPS) is 15.8. The molecule has 17 heavy (non-hydrogen) atoms. The molecule has 0 unspecified atom stereocenters. The molecular formula is C10H9F3O4. The fourth-order valence-electron chi connectivity index (χ4n) is 1.51. The van der Waals surface area contributed by atoms with E-state index >= 15 is 0 Å². The number of aliphatic hydroxyl groups excluding tert-OH is 1. The second-order valence-corrected chi connectivity index (χ2v) is 3.39. The number of hydrogen-bond acceptors (Lipinski definition) is 4. The average Bonchev–Trinajstić information content (AvgIpc) is 2.71. The van der Waals surface area contributed by atoms with E-state index in [0.717, 1.165) is 6.07 Å². The first kappa shape index (κ1) is 11.8. The van der Waals surface area contributed by atoms with Gasteiger partial charge in [0.05, 0.1) is 7.11 Å². The summed E-state index contributed by atoms with van der Waals surface area (Å²) in [5, 5.41) is 9.20. The topological polar surface area (TPSA) is 47.9 Å². The van der Waals surface area contributed by atoms with Crippen LogP contribution in [0, 0.1) is 0 Å². The van der Waals surface area contributed by atoms with Crippen LogP contribution in [0.4, 0.5) is 13.2 Å². The zero-order valence-corrected chi connectivity index (χ0v) is 8.75. The number of rotatable bonds is 2. The third-order valence-corrected chi connectivity index (χ3v) is 2.33. The number of benzene rings is 1. The summed E-state index contributed by atoms with van der Waals surface area (Å²) in [7, 11) is 1.21. The van der Waals surface area contributed by atoms with E-state index < -0.39 is 17.8 Å². The van der Waals surface area contributed by atoms with Crippen LogP contribution in [0.2, 0.25) is 0 Å². The summed E-state index contributed by atoms with van der Waals surface area (Å²) in [5.41, 5.74) is -0.399. The molecule has 0 amide bonds.